The van der Waals surface area contributed by atoms with Crippen LogP contribution in [0, 0.1) is 98.3 Å². The Labute approximate surface area is 282 Å². The van der Waals surface area contributed by atoms with Crippen LogP contribution in [0.5, 0.6) is 0 Å². The van der Waals surface area contributed by atoms with Crippen molar-refractivity contribution >= 4 is 0 Å². The molecular weight excluding hydrogens is 671 g/mol. The van der Waals surface area contributed by atoms with Crippen LogP contribution in [0.25, 0.3) is 0 Å². The van der Waals surface area contributed by atoms with Gasteiger partial charge in [-0.2, -0.15) is 0 Å². The van der Waals surface area contributed by atoms with Gasteiger partial charge in [-0.25, -0.2) is 0 Å². The Morgan fingerprint density at radius 1 is 0.500 bits per heavy atom. The summed E-state index contributed by atoms with van der Waals surface area (Å²) in [6.07, 6.45) is 14.6. The first kappa shape index (κ1) is 39.3. The second-order valence-corrected chi connectivity index (χ2v) is 14.6. The molecule has 2 aromatic rings. The Morgan fingerprint density at radius 3 is 1.26 bits per heavy atom. The second-order valence-electron chi connectivity index (χ2n) is 14.6. The summed E-state index contributed by atoms with van der Waals surface area (Å²) in [6, 6.07) is 14.5. The van der Waals surface area contributed by atoms with Gasteiger partial charge >= 0.3 is 25.8 Å². The van der Waals surface area contributed by atoms with E-state index in [-0.39, 0.29) is 55.5 Å². The molecule has 4 aliphatic rings. The molecule has 0 bridgehead atoms. The second kappa shape index (κ2) is 15.5. The molecule has 0 N–H and O–H groups in total. The van der Waals surface area contributed by atoms with Crippen molar-refractivity contribution in [1.29, 1.82) is 0 Å². The Morgan fingerprint density at radius 2 is 0.881 bits per heavy atom. The van der Waals surface area contributed by atoms with E-state index in [2.05, 4.69) is 77.9 Å². The van der Waals surface area contributed by atoms with Crippen LogP contribution in [0.1, 0.15) is 123 Å². The summed E-state index contributed by atoms with van der Waals surface area (Å²) in [5, 5.41) is 0. The van der Waals surface area contributed by atoms with E-state index in [1.54, 1.807) is 11.1 Å². The molecule has 0 aromatic heterocycles. The molecule has 4 fully saturated rings. The molecule has 8 atom stereocenters. The first-order valence-corrected chi connectivity index (χ1v) is 15.9. The average molecular weight is 735 g/mol. The van der Waals surface area contributed by atoms with Crippen LogP contribution in [-0.4, -0.2) is 0 Å². The van der Waals surface area contributed by atoms with Crippen LogP contribution in [0.3, 0.4) is 0 Å². The quantitative estimate of drug-likeness (QED) is 0.217. The molecule has 0 nitrogen and oxygen atoms in total. The molecule has 232 valence electrons. The van der Waals surface area contributed by atoms with E-state index >= 15 is 0 Å². The minimum atomic E-state index is 0. The SMILES string of the molecule is Cc1ccc(C)c(C2CCCC3C2CCC3C(C)(C)C2CCC3C(c4cc(C)ccc4C)CCCC32)c1.[CH3-].[CH3-].[CH3-].[CH3-].[Hf+4]. The fourth-order valence-corrected chi connectivity index (χ4v) is 10.8. The summed E-state index contributed by atoms with van der Waals surface area (Å²) >= 11 is 0. The van der Waals surface area contributed by atoms with Gasteiger partial charge in [0, 0.05) is 0 Å². The topological polar surface area (TPSA) is 0 Å². The van der Waals surface area contributed by atoms with E-state index in [9.17, 15) is 0 Å². The summed E-state index contributed by atoms with van der Waals surface area (Å²) < 4.78 is 0. The Kier molecular flexibility index (Phi) is 14.6. The number of benzene rings is 2. The minimum absolute atomic E-state index is 0. The predicted octanol–water partition coefficient (Wildman–Crippen LogP) is 12.3. The van der Waals surface area contributed by atoms with E-state index in [0.717, 1.165) is 47.3 Å². The van der Waals surface area contributed by atoms with Gasteiger partial charge < -0.3 is 29.7 Å². The molecule has 4 aliphatic carbocycles. The largest absolute Gasteiger partial charge is 4.00 e. The first-order valence-electron chi connectivity index (χ1n) is 15.9. The van der Waals surface area contributed by atoms with E-state index in [4.69, 9.17) is 0 Å². The van der Waals surface area contributed by atoms with Crippen molar-refractivity contribution in [3.05, 3.63) is 99.5 Å². The van der Waals surface area contributed by atoms with Crippen molar-refractivity contribution < 1.29 is 25.8 Å². The van der Waals surface area contributed by atoms with Gasteiger partial charge in [0.2, 0.25) is 0 Å². The summed E-state index contributed by atoms with van der Waals surface area (Å²) in [7, 11) is 0. The predicted molar refractivity (Wildman–Crippen MR) is 184 cm³/mol. The first-order chi connectivity index (χ1) is 17.8. The molecule has 0 spiro atoms. The molecule has 42 heavy (non-hydrogen) atoms. The number of aryl methyl sites for hydroxylation is 4. The zero-order chi connectivity index (χ0) is 25.9. The van der Waals surface area contributed by atoms with Gasteiger partial charge in [-0.05, 0) is 154 Å². The molecule has 0 radical (unpaired) electrons. The number of hydrogen-bond acceptors (Lipinski definition) is 0. The van der Waals surface area contributed by atoms with Crippen LogP contribution in [0.2, 0.25) is 0 Å². The third kappa shape index (κ3) is 6.92. The summed E-state index contributed by atoms with van der Waals surface area (Å²) in [5.41, 5.74) is 9.84. The van der Waals surface area contributed by atoms with Crippen molar-refractivity contribution in [2.75, 3.05) is 0 Å². The van der Waals surface area contributed by atoms with Crippen molar-refractivity contribution in [2.45, 2.75) is 118 Å². The van der Waals surface area contributed by atoms with E-state index in [1.165, 1.54) is 86.5 Å². The van der Waals surface area contributed by atoms with Gasteiger partial charge in [0.25, 0.3) is 0 Å². The van der Waals surface area contributed by atoms with Gasteiger partial charge in [-0.15, -0.1) is 0 Å². The zero-order valence-electron chi connectivity index (χ0n) is 29.2. The standard InChI is InChI=1S/C37H52.4CH3.Hf/c1-23-13-15-25(3)33(21-23)27-9-7-11-31-29(27)17-19-35(31)37(5,6)36-20-18-30-28(10-8-12-32(30)36)34-22-24(2)14-16-26(34)4;;;;;/h13-16,21-22,27-32,35-36H,7-12,17-20H2,1-6H3;4*1H3;/q;4*-1;+4. The average Bonchev–Trinajstić information content (AvgIpc) is 3.52. The van der Waals surface area contributed by atoms with Crippen LogP contribution in [0.4, 0.5) is 0 Å². The van der Waals surface area contributed by atoms with Crippen LogP contribution < -0.4 is 0 Å². The van der Waals surface area contributed by atoms with Crippen LogP contribution in [-0.2, 0) is 25.8 Å². The molecule has 0 saturated heterocycles. The third-order valence-electron chi connectivity index (χ3n) is 12.5. The maximum absolute atomic E-state index is 2.73. The van der Waals surface area contributed by atoms with Crippen molar-refractivity contribution in [3.8, 4) is 0 Å². The van der Waals surface area contributed by atoms with E-state index in [0.29, 0.717) is 5.41 Å². The molecule has 8 unspecified atom stereocenters. The van der Waals surface area contributed by atoms with Crippen molar-refractivity contribution in [2.24, 2.45) is 40.9 Å². The molecule has 1 heteroatoms. The van der Waals surface area contributed by atoms with Crippen LogP contribution >= 0.6 is 0 Å². The zero-order valence-corrected chi connectivity index (χ0v) is 32.7. The maximum Gasteiger partial charge on any atom is 4.00 e. The summed E-state index contributed by atoms with van der Waals surface area (Å²) in [5.74, 6) is 7.20. The van der Waals surface area contributed by atoms with Gasteiger partial charge in [0.15, 0.2) is 0 Å². The third-order valence-corrected chi connectivity index (χ3v) is 12.5. The van der Waals surface area contributed by atoms with Gasteiger partial charge in [-0.3, -0.25) is 0 Å². The molecule has 0 amide bonds. The fraction of sp³-hybridized carbons (Fsp3) is 0.610. The summed E-state index contributed by atoms with van der Waals surface area (Å²) in [6.45, 7) is 14.8. The summed E-state index contributed by atoms with van der Waals surface area (Å²) in [4.78, 5) is 0. The van der Waals surface area contributed by atoms with Gasteiger partial charge in [0.05, 0.1) is 0 Å². The number of rotatable bonds is 4. The molecular formula is C41H64Hf. The van der Waals surface area contributed by atoms with Gasteiger partial charge in [-0.1, -0.05) is 74.2 Å². The molecule has 0 heterocycles. The number of fused-ring (bicyclic) bond motifs is 2. The van der Waals surface area contributed by atoms with Crippen molar-refractivity contribution in [3.63, 3.8) is 0 Å². The smallest absolute Gasteiger partial charge is 0.358 e. The molecule has 2 aromatic carbocycles. The molecule has 6 rings (SSSR count). The van der Waals surface area contributed by atoms with Crippen molar-refractivity contribution in [1.82, 2.24) is 0 Å². The monoisotopic (exact) mass is 736 g/mol. The van der Waals surface area contributed by atoms with Gasteiger partial charge in [0.1, 0.15) is 0 Å². The molecule has 4 saturated carbocycles. The Bertz CT molecular complexity index is 1040. The Hall–Kier alpha value is -0.690. The van der Waals surface area contributed by atoms with Crippen LogP contribution in [0.15, 0.2) is 36.4 Å². The fourth-order valence-electron chi connectivity index (χ4n) is 10.8. The number of hydrogen-bond donors (Lipinski definition) is 0. The minimum Gasteiger partial charge on any atom is -0.358 e. The molecule has 0 aliphatic heterocycles. The Balaban J connectivity index is 0.00000176. The normalized spacial score (nSPS) is 31.6. The van der Waals surface area contributed by atoms with E-state index < -0.39 is 0 Å². The maximum atomic E-state index is 2.73. The van der Waals surface area contributed by atoms with E-state index in [1.807, 2.05) is 0 Å².